The van der Waals surface area contributed by atoms with Gasteiger partial charge in [-0.1, -0.05) is 0 Å². The molecule has 0 radical (unpaired) electrons. The number of carbonyl (C=O) groups is 1. The minimum atomic E-state index is -2.16. The van der Waals surface area contributed by atoms with Crippen molar-refractivity contribution in [2.45, 2.75) is 55.8 Å². The predicted octanol–water partition coefficient (Wildman–Crippen LogP) is -4.91. The van der Waals surface area contributed by atoms with Crippen molar-refractivity contribution in [1.29, 1.82) is 0 Å². The number of aldehydes is 1. The third-order valence-electron chi connectivity index (χ3n) is 2.73. The van der Waals surface area contributed by atoms with E-state index in [-0.39, 0.29) is 6.29 Å². The van der Waals surface area contributed by atoms with Crippen LogP contribution >= 0.6 is 0 Å². The Bertz CT molecular complexity index is 272. The van der Waals surface area contributed by atoms with Crippen LogP contribution in [-0.2, 0) is 4.79 Å². The van der Waals surface area contributed by atoms with E-state index in [0.29, 0.717) is 0 Å². The predicted molar refractivity (Wildman–Crippen MR) is 59.8 cm³/mol. The monoisotopic (exact) mass is 284 g/mol. The largest absolute Gasteiger partial charge is 0.391 e. The molecule has 0 bridgehead atoms. The second-order valence-corrected chi connectivity index (χ2v) is 4.31. The van der Waals surface area contributed by atoms with Crippen LogP contribution in [0, 0.1) is 0 Å². The molecule has 0 aromatic carbocycles. The lowest BCUT2D eigenvalue weighted by Gasteiger charge is -2.32. The molecule has 0 aliphatic heterocycles. The topological polar surface area (TPSA) is 179 Å². The summed E-state index contributed by atoms with van der Waals surface area (Å²) >= 11 is 0. The van der Waals surface area contributed by atoms with Gasteiger partial charge in [0.25, 0.3) is 0 Å². The van der Waals surface area contributed by atoms with E-state index in [0.717, 1.165) is 6.92 Å². The molecule has 0 aromatic rings. The van der Waals surface area contributed by atoms with E-state index in [2.05, 4.69) is 0 Å². The van der Waals surface area contributed by atoms with E-state index in [1.54, 1.807) is 0 Å². The van der Waals surface area contributed by atoms with Crippen molar-refractivity contribution in [3.63, 3.8) is 0 Å². The molecular weight excluding hydrogens is 264 g/mol. The van der Waals surface area contributed by atoms with Gasteiger partial charge >= 0.3 is 0 Å². The quantitative estimate of drug-likeness (QED) is 0.203. The van der Waals surface area contributed by atoms with Crippen molar-refractivity contribution in [1.82, 2.24) is 0 Å². The Balaban J connectivity index is 4.71. The van der Waals surface area contributed by atoms with Crippen LogP contribution in [0.2, 0.25) is 0 Å². The molecule has 0 saturated carbocycles. The molecule has 0 rings (SSSR count). The van der Waals surface area contributed by atoms with Crippen molar-refractivity contribution >= 4 is 6.29 Å². The minimum absolute atomic E-state index is 0.0892. The van der Waals surface area contributed by atoms with E-state index in [1.165, 1.54) is 0 Å². The summed E-state index contributed by atoms with van der Waals surface area (Å²) in [7, 11) is 0. The van der Waals surface area contributed by atoms with Crippen LogP contribution in [0.4, 0.5) is 0 Å². The maximum Gasteiger partial charge on any atom is 0.151 e. The Labute approximate surface area is 109 Å². The van der Waals surface area contributed by atoms with E-state index in [1.807, 2.05) is 0 Å². The molecule has 9 heteroatoms. The minimum Gasteiger partial charge on any atom is -0.391 e. The fourth-order valence-corrected chi connectivity index (χ4v) is 1.38. The van der Waals surface area contributed by atoms with Gasteiger partial charge in [-0.25, -0.2) is 0 Å². The fourth-order valence-electron chi connectivity index (χ4n) is 1.38. The summed E-state index contributed by atoms with van der Waals surface area (Å²) in [5, 5.41) is 74.2. The number of hydrogen-bond acceptors (Lipinski definition) is 9. The maximum absolute atomic E-state index is 10.2. The van der Waals surface area contributed by atoms with Crippen molar-refractivity contribution < 1.29 is 45.6 Å². The number of carbonyl (C=O) groups excluding carboxylic acids is 1. The molecule has 9 nitrogen and oxygen atoms in total. The second-order valence-electron chi connectivity index (χ2n) is 4.31. The molecule has 0 amide bonds. The van der Waals surface area contributed by atoms with Gasteiger partial charge in [0.15, 0.2) is 6.29 Å². The molecule has 8 atom stereocenters. The molecule has 0 spiro atoms. The molecule has 0 unspecified atom stereocenters. The first-order chi connectivity index (χ1) is 8.64. The van der Waals surface area contributed by atoms with Gasteiger partial charge in [0.05, 0.1) is 6.10 Å². The lowest BCUT2D eigenvalue weighted by atomic mass is 9.93. The van der Waals surface area contributed by atoms with Gasteiger partial charge in [0.1, 0.15) is 42.7 Å². The van der Waals surface area contributed by atoms with Gasteiger partial charge in [0, 0.05) is 0 Å². The van der Waals surface area contributed by atoms with Crippen LogP contribution in [0.25, 0.3) is 0 Å². The van der Waals surface area contributed by atoms with Gasteiger partial charge in [-0.2, -0.15) is 0 Å². The van der Waals surface area contributed by atoms with Crippen LogP contribution in [0.5, 0.6) is 0 Å². The van der Waals surface area contributed by atoms with Crippen molar-refractivity contribution in [2.75, 3.05) is 0 Å². The standard InChI is InChI=1S/C10H20O9/c1-3(12)5(14)7(16)9(18)10(19)8(17)6(15)4(13)2-11/h2-10,12-19H,1H3/t3-,4+,5-,6-,7+,8-,9-,10+/m1/s1. The van der Waals surface area contributed by atoms with Gasteiger partial charge in [0.2, 0.25) is 0 Å². The van der Waals surface area contributed by atoms with Crippen LogP contribution in [0.15, 0.2) is 0 Å². The summed E-state index contributed by atoms with van der Waals surface area (Å²) in [6.07, 6.45) is -15.8. The molecule has 114 valence electrons. The Morgan fingerprint density at radius 2 is 0.947 bits per heavy atom. The van der Waals surface area contributed by atoms with Crippen LogP contribution in [0.3, 0.4) is 0 Å². The summed E-state index contributed by atoms with van der Waals surface area (Å²) in [5.74, 6) is 0. The highest BCUT2D eigenvalue weighted by molar-refractivity contribution is 5.56. The van der Waals surface area contributed by atoms with Crippen molar-refractivity contribution in [3.05, 3.63) is 0 Å². The zero-order valence-electron chi connectivity index (χ0n) is 10.2. The van der Waals surface area contributed by atoms with Crippen LogP contribution in [0.1, 0.15) is 6.92 Å². The molecule has 8 N–H and O–H groups in total. The van der Waals surface area contributed by atoms with Crippen LogP contribution < -0.4 is 0 Å². The highest BCUT2D eigenvalue weighted by Crippen LogP contribution is 2.14. The molecule has 0 heterocycles. The number of aliphatic hydroxyl groups is 8. The van der Waals surface area contributed by atoms with Crippen molar-refractivity contribution in [2.24, 2.45) is 0 Å². The summed E-state index contributed by atoms with van der Waals surface area (Å²) in [5.41, 5.74) is 0. The van der Waals surface area contributed by atoms with E-state index >= 15 is 0 Å². The summed E-state index contributed by atoms with van der Waals surface area (Å²) < 4.78 is 0. The average molecular weight is 284 g/mol. The Hall–Kier alpha value is -0.650. The lowest BCUT2D eigenvalue weighted by molar-refractivity contribution is -0.175. The Kier molecular flexibility index (Phi) is 7.55. The van der Waals surface area contributed by atoms with E-state index < -0.39 is 48.8 Å². The molecular formula is C10H20O9. The van der Waals surface area contributed by atoms with E-state index in [4.69, 9.17) is 10.2 Å². The van der Waals surface area contributed by atoms with Gasteiger partial charge in [-0.05, 0) is 6.92 Å². The SMILES string of the molecule is C[C@@H](O)[C@@H](O)[C@H](O)[C@@H](O)[C@@H](O)[C@H](O)[C@H](O)[C@@H](O)C=O. The van der Waals surface area contributed by atoms with Gasteiger partial charge in [-0.15, -0.1) is 0 Å². The molecule has 19 heavy (non-hydrogen) atoms. The molecule has 0 fully saturated rings. The third kappa shape index (κ3) is 4.75. The first-order valence-corrected chi connectivity index (χ1v) is 5.55. The smallest absolute Gasteiger partial charge is 0.151 e. The second kappa shape index (κ2) is 7.82. The summed E-state index contributed by atoms with van der Waals surface area (Å²) in [6, 6.07) is 0. The number of hydrogen-bond donors (Lipinski definition) is 8. The Morgan fingerprint density at radius 3 is 1.26 bits per heavy atom. The summed E-state index contributed by atoms with van der Waals surface area (Å²) in [4.78, 5) is 10.2. The zero-order chi connectivity index (χ0) is 15.3. The highest BCUT2D eigenvalue weighted by Gasteiger charge is 2.39. The first kappa shape index (κ1) is 18.4. The maximum atomic E-state index is 10.2. The molecule has 0 aliphatic rings. The lowest BCUT2D eigenvalue weighted by Crippen LogP contribution is -2.55. The average Bonchev–Trinajstić information content (AvgIpc) is 2.40. The third-order valence-corrected chi connectivity index (χ3v) is 2.73. The molecule has 0 aliphatic carbocycles. The first-order valence-electron chi connectivity index (χ1n) is 5.55. The molecule has 0 aromatic heterocycles. The normalized spacial score (nSPS) is 24.7. The van der Waals surface area contributed by atoms with Crippen LogP contribution in [-0.4, -0.2) is 96.0 Å². The summed E-state index contributed by atoms with van der Waals surface area (Å²) in [6.45, 7) is 1.12. The zero-order valence-corrected chi connectivity index (χ0v) is 10.2. The number of aliphatic hydroxyl groups excluding tert-OH is 8. The number of rotatable bonds is 8. The molecule has 0 saturated heterocycles. The fraction of sp³-hybridized carbons (Fsp3) is 0.900. The Morgan fingerprint density at radius 1 is 0.632 bits per heavy atom. The van der Waals surface area contributed by atoms with Crippen molar-refractivity contribution in [3.8, 4) is 0 Å². The highest BCUT2D eigenvalue weighted by atomic mass is 16.4. The van der Waals surface area contributed by atoms with E-state index in [9.17, 15) is 35.4 Å². The van der Waals surface area contributed by atoms with Gasteiger partial charge < -0.3 is 45.6 Å². The van der Waals surface area contributed by atoms with Gasteiger partial charge in [-0.3, -0.25) is 0 Å².